The molecule has 1 N–H and O–H groups in total. The second-order valence-electron chi connectivity index (χ2n) is 7.57. The van der Waals surface area contributed by atoms with Gasteiger partial charge in [-0.2, -0.15) is 8.78 Å². The highest BCUT2D eigenvalue weighted by atomic mass is 35.5. The average Bonchev–Trinajstić information content (AvgIpc) is 3.20. The van der Waals surface area contributed by atoms with Crippen LogP contribution in [0.15, 0.2) is 28.7 Å². The first-order valence-electron chi connectivity index (χ1n) is 10.0. The monoisotopic (exact) mass is 457 g/mol. The van der Waals surface area contributed by atoms with Crippen LogP contribution in [-0.2, 0) is 14.3 Å². The van der Waals surface area contributed by atoms with E-state index >= 15 is 0 Å². The molecule has 2 atom stereocenters. The van der Waals surface area contributed by atoms with Gasteiger partial charge in [0.05, 0.1) is 18.8 Å². The lowest BCUT2D eigenvalue weighted by Gasteiger charge is -2.32. The van der Waals surface area contributed by atoms with Crippen LogP contribution in [0.5, 0.6) is 5.75 Å². The lowest BCUT2D eigenvalue weighted by atomic mass is 9.82. The Morgan fingerprint density at radius 2 is 1.94 bits per heavy atom. The van der Waals surface area contributed by atoms with E-state index in [4.69, 9.17) is 25.5 Å². The molecule has 1 saturated heterocycles. The first kappa shape index (κ1) is 21.9. The number of nitrogens with one attached hydrogen (secondary N) is 1. The molecule has 4 rings (SSSR count). The van der Waals surface area contributed by atoms with Crippen molar-refractivity contribution in [1.82, 2.24) is 15.5 Å². The van der Waals surface area contributed by atoms with E-state index in [1.807, 2.05) is 0 Å². The molecule has 1 aromatic carbocycles. The molecule has 0 radical (unpaired) electrons. The van der Waals surface area contributed by atoms with Crippen LogP contribution in [0.25, 0.3) is 0 Å². The Hall–Kier alpha value is -2.30. The van der Waals surface area contributed by atoms with Gasteiger partial charge in [0.2, 0.25) is 11.8 Å². The Bertz CT molecular complexity index is 868. The molecule has 1 saturated carbocycles. The summed E-state index contributed by atoms with van der Waals surface area (Å²) in [5, 5.41) is 11.5. The maximum atomic E-state index is 12.2. The second-order valence-corrected chi connectivity index (χ2v) is 8.01. The summed E-state index contributed by atoms with van der Waals surface area (Å²) >= 11 is 5.81. The van der Waals surface area contributed by atoms with Gasteiger partial charge in [0.1, 0.15) is 11.9 Å². The Balaban J connectivity index is 1.17. The maximum Gasteiger partial charge on any atom is 0.345 e. The van der Waals surface area contributed by atoms with E-state index in [0.29, 0.717) is 54.8 Å². The zero-order valence-corrected chi connectivity index (χ0v) is 17.3. The molecule has 1 amide bonds. The van der Waals surface area contributed by atoms with Gasteiger partial charge < -0.3 is 23.9 Å². The van der Waals surface area contributed by atoms with Gasteiger partial charge in [-0.3, -0.25) is 4.79 Å². The van der Waals surface area contributed by atoms with Crippen LogP contribution in [0.3, 0.4) is 0 Å². The smallest absolute Gasteiger partial charge is 0.345 e. The van der Waals surface area contributed by atoms with Gasteiger partial charge in [0.25, 0.3) is 5.91 Å². The number of carbonyl (C=O) groups excluding carboxylic acids is 1. The lowest BCUT2D eigenvalue weighted by molar-refractivity contribution is -0.185. The second kappa shape index (κ2) is 9.88. The minimum Gasteiger partial charge on any atom is -0.484 e. The molecule has 2 aromatic rings. The van der Waals surface area contributed by atoms with Crippen molar-refractivity contribution in [2.45, 2.75) is 56.5 Å². The third kappa shape index (κ3) is 5.90. The van der Waals surface area contributed by atoms with Crippen LogP contribution >= 0.6 is 11.6 Å². The molecule has 2 heterocycles. The van der Waals surface area contributed by atoms with Crippen LogP contribution in [0, 0.1) is 0 Å². The van der Waals surface area contributed by atoms with Crippen molar-refractivity contribution in [3.05, 3.63) is 41.1 Å². The molecule has 1 aliphatic heterocycles. The van der Waals surface area contributed by atoms with E-state index in [2.05, 4.69) is 20.3 Å². The van der Waals surface area contributed by atoms with Gasteiger partial charge in [-0.1, -0.05) is 11.6 Å². The van der Waals surface area contributed by atoms with E-state index in [-0.39, 0.29) is 30.6 Å². The molecular weight excluding hydrogens is 436 g/mol. The van der Waals surface area contributed by atoms with Gasteiger partial charge in [-0.25, -0.2) is 0 Å². The summed E-state index contributed by atoms with van der Waals surface area (Å²) in [6.07, 6.45) is 1.33. The Morgan fingerprint density at radius 1 is 1.19 bits per heavy atom. The summed E-state index contributed by atoms with van der Waals surface area (Å²) in [6, 6.07) is 6.62. The standard InChI is InChI=1S/C20H22ClF2N3O5/c21-12-1-4-14(5-2-12)28-10-17(27)24-13-3-6-16(29-9-13)19-26-25-18(31-19)11-7-15(8-11)30-20(22)23/h1-2,4-5,11,13,15-16,20H,3,6-10H2,(H,24,27)/t11?,13-,15?,16+/m1/s1. The van der Waals surface area contributed by atoms with Crippen LogP contribution in [-0.4, -0.2) is 48.1 Å². The zero-order chi connectivity index (χ0) is 21.8. The molecule has 2 aliphatic rings. The van der Waals surface area contributed by atoms with E-state index < -0.39 is 12.7 Å². The molecule has 0 unspecified atom stereocenters. The number of halogens is 3. The normalized spacial score (nSPS) is 25.8. The van der Waals surface area contributed by atoms with Crippen LogP contribution in [0.4, 0.5) is 8.78 Å². The lowest BCUT2D eigenvalue weighted by Crippen LogP contribution is -2.43. The summed E-state index contributed by atoms with van der Waals surface area (Å²) in [5.74, 6) is 1.03. The highest BCUT2D eigenvalue weighted by Gasteiger charge is 2.37. The van der Waals surface area contributed by atoms with Crippen LogP contribution < -0.4 is 10.1 Å². The summed E-state index contributed by atoms with van der Waals surface area (Å²) < 4.78 is 45.8. The summed E-state index contributed by atoms with van der Waals surface area (Å²) in [4.78, 5) is 12.1. The van der Waals surface area contributed by atoms with Crippen molar-refractivity contribution in [2.24, 2.45) is 0 Å². The molecule has 8 nitrogen and oxygen atoms in total. The Labute approximate surface area is 182 Å². The minimum absolute atomic E-state index is 0.0683. The molecular formula is C20H22ClF2N3O5. The molecule has 2 fully saturated rings. The molecule has 31 heavy (non-hydrogen) atoms. The zero-order valence-electron chi connectivity index (χ0n) is 16.5. The van der Waals surface area contributed by atoms with Gasteiger partial charge >= 0.3 is 6.61 Å². The number of alkyl halides is 2. The molecule has 168 valence electrons. The summed E-state index contributed by atoms with van der Waals surface area (Å²) in [7, 11) is 0. The third-order valence-electron chi connectivity index (χ3n) is 5.30. The number of rotatable bonds is 8. The number of aromatic nitrogens is 2. The molecule has 0 spiro atoms. The summed E-state index contributed by atoms with van der Waals surface area (Å²) in [6.45, 7) is -2.56. The van der Waals surface area contributed by atoms with Gasteiger partial charge in [-0.15, -0.1) is 10.2 Å². The Morgan fingerprint density at radius 3 is 2.61 bits per heavy atom. The average molecular weight is 458 g/mol. The van der Waals surface area contributed by atoms with Crippen molar-refractivity contribution in [3.63, 3.8) is 0 Å². The van der Waals surface area contributed by atoms with E-state index in [1.165, 1.54) is 0 Å². The van der Waals surface area contributed by atoms with E-state index in [0.717, 1.165) is 0 Å². The molecule has 0 bridgehead atoms. The number of hydrogen-bond donors (Lipinski definition) is 1. The third-order valence-corrected chi connectivity index (χ3v) is 5.55. The fourth-order valence-electron chi connectivity index (χ4n) is 3.57. The molecule has 1 aliphatic carbocycles. The van der Waals surface area contributed by atoms with Crippen molar-refractivity contribution in [1.29, 1.82) is 0 Å². The topological polar surface area (TPSA) is 95.7 Å². The predicted molar refractivity (Wildman–Crippen MR) is 104 cm³/mol. The maximum absolute atomic E-state index is 12.2. The van der Waals surface area contributed by atoms with Crippen LogP contribution in [0.1, 0.15) is 49.5 Å². The fraction of sp³-hybridized carbons (Fsp3) is 0.550. The molecule has 1 aromatic heterocycles. The van der Waals surface area contributed by atoms with E-state index in [1.54, 1.807) is 24.3 Å². The first-order valence-corrected chi connectivity index (χ1v) is 10.4. The quantitative estimate of drug-likeness (QED) is 0.646. The van der Waals surface area contributed by atoms with Gasteiger partial charge in [0, 0.05) is 10.9 Å². The predicted octanol–water partition coefficient (Wildman–Crippen LogP) is 3.62. The van der Waals surface area contributed by atoms with Crippen molar-refractivity contribution >= 4 is 17.5 Å². The fourth-order valence-corrected chi connectivity index (χ4v) is 3.70. The number of benzene rings is 1. The number of hydrogen-bond acceptors (Lipinski definition) is 7. The number of carbonyl (C=O) groups is 1. The highest BCUT2D eigenvalue weighted by molar-refractivity contribution is 6.30. The van der Waals surface area contributed by atoms with Gasteiger partial charge in [0.15, 0.2) is 6.61 Å². The van der Waals surface area contributed by atoms with Crippen molar-refractivity contribution < 1.29 is 32.2 Å². The number of nitrogens with zero attached hydrogens (tertiary/aromatic N) is 2. The largest absolute Gasteiger partial charge is 0.484 e. The summed E-state index contributed by atoms with van der Waals surface area (Å²) in [5.41, 5.74) is 0. The molecule has 11 heteroatoms. The number of ether oxygens (including phenoxy) is 3. The Kier molecular flexibility index (Phi) is 6.99. The number of amides is 1. The highest BCUT2D eigenvalue weighted by Crippen LogP contribution is 2.39. The van der Waals surface area contributed by atoms with Crippen LogP contribution in [0.2, 0.25) is 5.02 Å². The SMILES string of the molecule is O=C(COc1ccc(Cl)cc1)N[C@@H]1CC[C@@H](c2nnc(C3CC(OC(F)F)C3)o2)OC1. The minimum atomic E-state index is -2.77. The van der Waals surface area contributed by atoms with Crippen molar-refractivity contribution in [3.8, 4) is 5.75 Å². The van der Waals surface area contributed by atoms with Gasteiger partial charge in [-0.05, 0) is 49.9 Å². The first-order chi connectivity index (χ1) is 15.0. The van der Waals surface area contributed by atoms with Crippen molar-refractivity contribution in [2.75, 3.05) is 13.2 Å². The van der Waals surface area contributed by atoms with E-state index in [9.17, 15) is 13.6 Å².